The highest BCUT2D eigenvalue weighted by Crippen LogP contribution is 2.19. The summed E-state index contributed by atoms with van der Waals surface area (Å²) in [4.78, 5) is 26.1. The van der Waals surface area contributed by atoms with Gasteiger partial charge in [0.15, 0.2) is 5.17 Å². The van der Waals surface area contributed by atoms with E-state index >= 15 is 0 Å². The third-order valence-electron chi connectivity index (χ3n) is 2.34. The van der Waals surface area contributed by atoms with Crippen LogP contribution in [0.4, 0.5) is 5.69 Å². The van der Waals surface area contributed by atoms with Crippen LogP contribution in [0.15, 0.2) is 29.3 Å². The van der Waals surface area contributed by atoms with E-state index in [2.05, 4.69) is 10.3 Å². The third-order valence-corrected chi connectivity index (χ3v) is 3.35. The molecule has 0 saturated heterocycles. The quantitative estimate of drug-likeness (QED) is 0.653. The molecule has 0 spiro atoms. The molecule has 0 aromatic heterocycles. The van der Waals surface area contributed by atoms with Crippen molar-refractivity contribution >= 4 is 28.5 Å². The zero-order valence-electron chi connectivity index (χ0n) is 9.62. The molecule has 1 aliphatic rings. The molecule has 1 aromatic carbocycles. The fourth-order valence-corrected chi connectivity index (χ4v) is 2.31. The lowest BCUT2D eigenvalue weighted by molar-refractivity contribution is -0.384. The number of hydrogen-bond acceptors (Lipinski definition) is 5. The molecular formula is C11H11N3O3S. The molecule has 6 nitrogen and oxygen atoms in total. The van der Waals surface area contributed by atoms with Gasteiger partial charge in [-0.15, -0.1) is 0 Å². The monoisotopic (exact) mass is 265 g/mol. The molecule has 1 N–H and O–H groups in total. The molecule has 0 fully saturated rings. The van der Waals surface area contributed by atoms with Crippen molar-refractivity contribution < 1.29 is 9.72 Å². The summed E-state index contributed by atoms with van der Waals surface area (Å²) >= 11 is 1.48. The zero-order chi connectivity index (χ0) is 13.1. The lowest BCUT2D eigenvalue weighted by Gasteiger charge is -2.04. The molecule has 1 heterocycles. The largest absolute Gasteiger partial charge is 0.301 e. The average molecular weight is 265 g/mol. The summed E-state index contributed by atoms with van der Waals surface area (Å²) in [7, 11) is 0. The van der Waals surface area contributed by atoms with Gasteiger partial charge in [-0.3, -0.25) is 19.9 Å². The number of amides is 1. The fraction of sp³-hybridized carbons (Fsp3) is 0.273. The van der Waals surface area contributed by atoms with Crippen molar-refractivity contribution in [3.05, 3.63) is 39.9 Å². The Bertz CT molecular complexity index is 530. The second-order valence-corrected chi connectivity index (χ2v) is 5.26. The summed E-state index contributed by atoms with van der Waals surface area (Å²) in [5, 5.41) is 14.2. The van der Waals surface area contributed by atoms with E-state index in [4.69, 9.17) is 0 Å². The van der Waals surface area contributed by atoms with Crippen LogP contribution in [0.25, 0.3) is 0 Å². The fourth-order valence-electron chi connectivity index (χ4n) is 1.48. The van der Waals surface area contributed by atoms with Crippen LogP contribution in [-0.4, -0.2) is 27.8 Å². The Kier molecular flexibility index (Phi) is 3.61. The first-order chi connectivity index (χ1) is 8.56. The molecule has 0 saturated carbocycles. The summed E-state index contributed by atoms with van der Waals surface area (Å²) in [5.41, 5.74) is 0.157. The first-order valence-electron chi connectivity index (χ1n) is 5.33. The summed E-state index contributed by atoms with van der Waals surface area (Å²) in [6, 6.07) is 5.62. The Hall–Kier alpha value is -1.89. The normalized spacial score (nSPS) is 18.3. The van der Waals surface area contributed by atoms with E-state index in [1.54, 1.807) is 0 Å². The minimum atomic E-state index is -0.527. The molecule has 94 valence electrons. The number of benzene rings is 1. The summed E-state index contributed by atoms with van der Waals surface area (Å²) in [5.74, 6) is -0.376. The van der Waals surface area contributed by atoms with Crippen molar-refractivity contribution in [2.24, 2.45) is 4.99 Å². The molecule has 1 atom stereocenters. The molecule has 7 heteroatoms. The SMILES string of the molecule is C[C@@H]1CN=C(NC(=O)c2cccc([N+](=O)[O-])c2)S1. The van der Waals surface area contributed by atoms with Crippen LogP contribution >= 0.6 is 11.8 Å². The van der Waals surface area contributed by atoms with Crippen molar-refractivity contribution in [3.8, 4) is 0 Å². The number of carbonyl (C=O) groups excluding carboxylic acids is 1. The number of amidine groups is 1. The van der Waals surface area contributed by atoms with Gasteiger partial charge in [-0.25, -0.2) is 0 Å². The van der Waals surface area contributed by atoms with Crippen LogP contribution in [0.1, 0.15) is 17.3 Å². The summed E-state index contributed by atoms with van der Waals surface area (Å²) in [6.45, 7) is 2.69. The smallest absolute Gasteiger partial charge is 0.270 e. The molecule has 0 bridgehead atoms. The standard InChI is InChI=1S/C11H11N3O3S/c1-7-6-12-11(18-7)13-10(15)8-3-2-4-9(5-8)14(16)17/h2-5,7H,6H2,1H3,(H,12,13,15)/t7-/m1/s1. The highest BCUT2D eigenvalue weighted by molar-refractivity contribution is 8.14. The second kappa shape index (κ2) is 5.18. The Balaban J connectivity index is 2.09. The Morgan fingerprint density at radius 1 is 1.61 bits per heavy atom. The number of rotatable bonds is 2. The molecule has 1 aromatic rings. The topological polar surface area (TPSA) is 84.6 Å². The first kappa shape index (κ1) is 12.6. The number of nitrogens with zero attached hydrogens (tertiary/aromatic N) is 2. The van der Waals surface area contributed by atoms with Crippen molar-refractivity contribution in [2.45, 2.75) is 12.2 Å². The summed E-state index contributed by atoms with van der Waals surface area (Å²) < 4.78 is 0. The van der Waals surface area contributed by atoms with Crippen molar-refractivity contribution in [2.75, 3.05) is 6.54 Å². The number of aliphatic imine (C=N–C) groups is 1. The highest BCUT2D eigenvalue weighted by Gasteiger charge is 2.18. The van der Waals surface area contributed by atoms with Crippen molar-refractivity contribution in [1.29, 1.82) is 0 Å². The van der Waals surface area contributed by atoms with E-state index in [1.807, 2.05) is 6.92 Å². The van der Waals surface area contributed by atoms with Crippen LogP contribution in [0.5, 0.6) is 0 Å². The van der Waals surface area contributed by atoms with E-state index < -0.39 is 4.92 Å². The van der Waals surface area contributed by atoms with Gasteiger partial charge in [-0.1, -0.05) is 24.8 Å². The number of nitro benzene ring substituents is 1. The first-order valence-corrected chi connectivity index (χ1v) is 6.21. The van der Waals surface area contributed by atoms with Gasteiger partial charge < -0.3 is 5.32 Å². The number of nitro groups is 1. The lowest BCUT2D eigenvalue weighted by Crippen LogP contribution is -2.27. The molecule has 1 aliphatic heterocycles. The van der Waals surface area contributed by atoms with Crippen LogP contribution in [0.2, 0.25) is 0 Å². The minimum absolute atomic E-state index is 0.1000. The van der Waals surface area contributed by atoms with Gasteiger partial charge in [0.25, 0.3) is 11.6 Å². The molecule has 18 heavy (non-hydrogen) atoms. The predicted octanol–water partition coefficient (Wildman–Crippen LogP) is 1.82. The minimum Gasteiger partial charge on any atom is -0.301 e. The molecule has 1 amide bonds. The van der Waals surface area contributed by atoms with E-state index in [1.165, 1.54) is 36.0 Å². The molecule has 2 rings (SSSR count). The van der Waals surface area contributed by atoms with Crippen LogP contribution in [-0.2, 0) is 0 Å². The number of non-ortho nitro benzene ring substituents is 1. The molecule has 0 aliphatic carbocycles. The molecule has 0 unspecified atom stereocenters. The van der Waals surface area contributed by atoms with E-state index in [-0.39, 0.29) is 17.2 Å². The maximum atomic E-state index is 11.9. The Labute approximate surface area is 108 Å². The highest BCUT2D eigenvalue weighted by atomic mass is 32.2. The third kappa shape index (κ3) is 2.86. The van der Waals surface area contributed by atoms with Gasteiger partial charge in [0, 0.05) is 22.9 Å². The number of hydrogen-bond donors (Lipinski definition) is 1. The number of nitrogens with one attached hydrogen (secondary N) is 1. The maximum absolute atomic E-state index is 11.9. The van der Waals surface area contributed by atoms with Gasteiger partial charge in [0.05, 0.1) is 11.5 Å². The van der Waals surface area contributed by atoms with E-state index in [0.29, 0.717) is 17.0 Å². The van der Waals surface area contributed by atoms with Crippen molar-refractivity contribution in [3.63, 3.8) is 0 Å². The van der Waals surface area contributed by atoms with Gasteiger partial charge in [0.2, 0.25) is 0 Å². The number of thioether (sulfide) groups is 1. The van der Waals surface area contributed by atoms with Gasteiger partial charge in [0.1, 0.15) is 0 Å². The summed E-state index contributed by atoms with van der Waals surface area (Å²) in [6.07, 6.45) is 0. The second-order valence-electron chi connectivity index (χ2n) is 3.84. The zero-order valence-corrected chi connectivity index (χ0v) is 10.4. The average Bonchev–Trinajstić information content (AvgIpc) is 2.75. The van der Waals surface area contributed by atoms with Crippen LogP contribution in [0.3, 0.4) is 0 Å². The lowest BCUT2D eigenvalue weighted by atomic mass is 10.2. The maximum Gasteiger partial charge on any atom is 0.270 e. The van der Waals surface area contributed by atoms with Crippen LogP contribution < -0.4 is 5.32 Å². The Morgan fingerprint density at radius 3 is 3.00 bits per heavy atom. The van der Waals surface area contributed by atoms with Crippen molar-refractivity contribution in [1.82, 2.24) is 5.32 Å². The van der Waals surface area contributed by atoms with Gasteiger partial charge in [-0.2, -0.15) is 0 Å². The Morgan fingerprint density at radius 2 is 2.39 bits per heavy atom. The number of carbonyl (C=O) groups is 1. The van der Waals surface area contributed by atoms with Crippen LogP contribution in [0, 0.1) is 10.1 Å². The molecular weight excluding hydrogens is 254 g/mol. The van der Waals surface area contributed by atoms with Gasteiger partial charge >= 0.3 is 0 Å². The predicted molar refractivity (Wildman–Crippen MR) is 69.9 cm³/mol. The molecule has 0 radical (unpaired) electrons. The van der Waals surface area contributed by atoms with E-state index in [0.717, 1.165) is 0 Å². The van der Waals surface area contributed by atoms with Gasteiger partial charge in [-0.05, 0) is 6.07 Å². The van der Waals surface area contributed by atoms with E-state index in [9.17, 15) is 14.9 Å².